The second-order valence-corrected chi connectivity index (χ2v) is 7.08. The molecule has 0 aromatic heterocycles. The molecule has 3 rings (SSSR count). The van der Waals surface area contributed by atoms with Crippen molar-refractivity contribution in [2.24, 2.45) is 0 Å². The van der Waals surface area contributed by atoms with Crippen molar-refractivity contribution < 1.29 is 14.8 Å². The van der Waals surface area contributed by atoms with Gasteiger partial charge in [-0.25, -0.2) is 0 Å². The van der Waals surface area contributed by atoms with Crippen molar-refractivity contribution in [2.45, 2.75) is 6.04 Å². The number of rotatable bonds is 5. The molecule has 0 saturated carbocycles. The van der Waals surface area contributed by atoms with Gasteiger partial charge in [0.15, 0.2) is 0 Å². The van der Waals surface area contributed by atoms with E-state index >= 15 is 0 Å². The number of hydrogen-bond donors (Lipinski definition) is 1. The Morgan fingerprint density at radius 3 is 2.63 bits per heavy atom. The van der Waals surface area contributed by atoms with Gasteiger partial charge >= 0.3 is 0 Å². The average Bonchev–Trinajstić information content (AvgIpc) is 2.65. The Bertz CT molecular complexity index is 849. The van der Waals surface area contributed by atoms with Crippen molar-refractivity contribution in [1.29, 1.82) is 0 Å². The van der Waals surface area contributed by atoms with Crippen LogP contribution in [0.15, 0.2) is 36.4 Å². The molecular formula is C18H19Cl2N3O4. The number of nitrogens with zero attached hydrogens (tertiary/aromatic N) is 3. The molecule has 0 amide bonds. The van der Waals surface area contributed by atoms with Gasteiger partial charge in [-0.1, -0.05) is 35.3 Å². The summed E-state index contributed by atoms with van der Waals surface area (Å²) in [6, 6.07) is 9.63. The Morgan fingerprint density at radius 2 is 1.96 bits per heavy atom. The molecule has 2 aromatic carbocycles. The first-order valence-corrected chi connectivity index (χ1v) is 9.13. The Balaban J connectivity index is 2.01. The maximum absolute atomic E-state index is 11.6. The lowest BCUT2D eigenvalue weighted by Crippen LogP contribution is -2.53. The van der Waals surface area contributed by atoms with Gasteiger partial charge in [0, 0.05) is 25.7 Å². The van der Waals surface area contributed by atoms with Crippen LogP contribution in [0.2, 0.25) is 10.0 Å². The molecule has 2 aromatic rings. The number of ether oxygens (including phenoxy) is 1. The Kier molecular flexibility index (Phi) is 6.06. The van der Waals surface area contributed by atoms with Gasteiger partial charge in [-0.3, -0.25) is 15.0 Å². The molecule has 1 saturated heterocycles. The molecular weight excluding hydrogens is 393 g/mol. The fourth-order valence-corrected chi connectivity index (χ4v) is 3.55. The first-order valence-electron chi connectivity index (χ1n) is 8.37. The fourth-order valence-electron chi connectivity index (χ4n) is 3.06. The van der Waals surface area contributed by atoms with Crippen LogP contribution in [-0.4, -0.2) is 54.3 Å². The number of nitro benzene ring substituents is 1. The summed E-state index contributed by atoms with van der Waals surface area (Å²) >= 11 is 12.7. The van der Waals surface area contributed by atoms with Gasteiger partial charge in [0.25, 0.3) is 5.69 Å². The Hall–Kier alpha value is -2.06. The average molecular weight is 412 g/mol. The fraction of sp³-hybridized carbons (Fsp3) is 0.333. The number of para-hydroxylation sites is 1. The summed E-state index contributed by atoms with van der Waals surface area (Å²) in [6.45, 7) is 1.56. The minimum absolute atomic E-state index is 0.0474. The van der Waals surface area contributed by atoms with E-state index in [1.165, 1.54) is 12.1 Å². The van der Waals surface area contributed by atoms with Gasteiger partial charge in [0.1, 0.15) is 22.2 Å². The monoisotopic (exact) mass is 411 g/mol. The van der Waals surface area contributed by atoms with E-state index in [9.17, 15) is 15.2 Å². The summed E-state index contributed by atoms with van der Waals surface area (Å²) in [5.41, 5.74) is 0.186. The van der Waals surface area contributed by atoms with Gasteiger partial charge in [0.2, 0.25) is 0 Å². The van der Waals surface area contributed by atoms with Crippen molar-refractivity contribution in [3.63, 3.8) is 0 Å². The summed E-state index contributed by atoms with van der Waals surface area (Å²) < 4.78 is 5.81. The predicted octanol–water partition coefficient (Wildman–Crippen LogP) is 3.81. The number of aliphatic hydroxyl groups is 1. The van der Waals surface area contributed by atoms with Crippen molar-refractivity contribution in [2.75, 3.05) is 38.2 Å². The largest absolute Gasteiger partial charge is 0.454 e. The van der Waals surface area contributed by atoms with E-state index in [0.29, 0.717) is 30.4 Å². The minimum atomic E-state index is -0.466. The van der Waals surface area contributed by atoms with E-state index in [1.807, 2.05) is 16.8 Å². The van der Waals surface area contributed by atoms with Crippen LogP contribution in [-0.2, 0) is 0 Å². The zero-order chi connectivity index (χ0) is 19.6. The SMILES string of the molecule is CN1CCN(c2c([N+](=O)[O-])ccc(Oc3ccccc3Cl)c2Cl)C[C@@H]1CO. The van der Waals surface area contributed by atoms with E-state index in [4.69, 9.17) is 27.9 Å². The van der Waals surface area contributed by atoms with Crippen molar-refractivity contribution >= 4 is 34.6 Å². The lowest BCUT2D eigenvalue weighted by Gasteiger charge is -2.39. The molecule has 1 fully saturated rings. The van der Waals surface area contributed by atoms with E-state index in [-0.39, 0.29) is 34.8 Å². The zero-order valence-electron chi connectivity index (χ0n) is 14.6. The van der Waals surface area contributed by atoms with Crippen molar-refractivity contribution in [1.82, 2.24) is 4.90 Å². The van der Waals surface area contributed by atoms with Gasteiger partial charge in [-0.2, -0.15) is 0 Å². The first-order chi connectivity index (χ1) is 12.9. The second-order valence-electron chi connectivity index (χ2n) is 6.30. The first kappa shape index (κ1) is 19.7. The number of aliphatic hydroxyl groups excluding tert-OH is 1. The quantitative estimate of drug-likeness (QED) is 0.595. The van der Waals surface area contributed by atoms with Gasteiger partial charge in [-0.05, 0) is 25.2 Å². The van der Waals surface area contributed by atoms with E-state index < -0.39 is 4.92 Å². The highest BCUT2D eigenvalue weighted by atomic mass is 35.5. The molecule has 9 heteroatoms. The van der Waals surface area contributed by atoms with E-state index in [0.717, 1.165) is 0 Å². The lowest BCUT2D eigenvalue weighted by molar-refractivity contribution is -0.384. The highest BCUT2D eigenvalue weighted by Gasteiger charge is 2.31. The predicted molar refractivity (Wildman–Crippen MR) is 105 cm³/mol. The van der Waals surface area contributed by atoms with E-state index in [1.54, 1.807) is 24.3 Å². The molecule has 1 atom stereocenters. The maximum atomic E-state index is 11.6. The summed E-state index contributed by atoms with van der Waals surface area (Å²) in [5, 5.41) is 21.7. The molecule has 0 unspecified atom stereocenters. The third-order valence-electron chi connectivity index (χ3n) is 4.62. The van der Waals surface area contributed by atoms with Crippen LogP contribution in [0.4, 0.5) is 11.4 Å². The maximum Gasteiger partial charge on any atom is 0.294 e. The molecule has 0 aliphatic carbocycles. The molecule has 1 aliphatic rings. The summed E-state index contributed by atoms with van der Waals surface area (Å²) in [7, 11) is 1.91. The number of likely N-dealkylation sites (N-methyl/N-ethyl adjacent to an activating group) is 1. The van der Waals surface area contributed by atoms with Crippen LogP contribution in [0.3, 0.4) is 0 Å². The number of anilines is 1. The van der Waals surface area contributed by atoms with Gasteiger partial charge in [-0.15, -0.1) is 0 Å². The molecule has 1 N–H and O–H groups in total. The summed E-state index contributed by atoms with van der Waals surface area (Å²) in [4.78, 5) is 14.9. The zero-order valence-corrected chi connectivity index (χ0v) is 16.2. The lowest BCUT2D eigenvalue weighted by atomic mass is 10.1. The number of halogens is 2. The molecule has 0 bridgehead atoms. The number of piperazine rings is 1. The smallest absolute Gasteiger partial charge is 0.294 e. The number of nitro groups is 1. The van der Waals surface area contributed by atoms with Crippen molar-refractivity contribution in [3.05, 3.63) is 56.6 Å². The highest BCUT2D eigenvalue weighted by molar-refractivity contribution is 6.35. The van der Waals surface area contributed by atoms with Crippen LogP contribution < -0.4 is 9.64 Å². The summed E-state index contributed by atoms with van der Waals surface area (Å²) in [5.74, 6) is 0.692. The van der Waals surface area contributed by atoms with Crippen LogP contribution in [0.5, 0.6) is 11.5 Å². The van der Waals surface area contributed by atoms with Crippen molar-refractivity contribution in [3.8, 4) is 11.5 Å². The van der Waals surface area contributed by atoms with E-state index in [2.05, 4.69) is 0 Å². The van der Waals surface area contributed by atoms with Crippen LogP contribution in [0.25, 0.3) is 0 Å². The van der Waals surface area contributed by atoms with Gasteiger partial charge in [0.05, 0.1) is 22.6 Å². The van der Waals surface area contributed by atoms with Gasteiger partial charge < -0.3 is 14.7 Å². The molecule has 1 aliphatic heterocycles. The third-order valence-corrected chi connectivity index (χ3v) is 5.29. The number of hydrogen-bond acceptors (Lipinski definition) is 6. The molecule has 7 nitrogen and oxygen atoms in total. The Labute approximate surface area is 166 Å². The molecule has 144 valence electrons. The topological polar surface area (TPSA) is 79.1 Å². The molecule has 27 heavy (non-hydrogen) atoms. The molecule has 1 heterocycles. The second kappa shape index (κ2) is 8.31. The number of benzene rings is 2. The van der Waals surface area contributed by atoms with Crippen LogP contribution >= 0.6 is 23.2 Å². The highest BCUT2D eigenvalue weighted by Crippen LogP contribution is 2.44. The third kappa shape index (κ3) is 4.11. The normalized spacial score (nSPS) is 17.8. The molecule has 0 radical (unpaired) electrons. The minimum Gasteiger partial charge on any atom is -0.454 e. The summed E-state index contributed by atoms with van der Waals surface area (Å²) in [6.07, 6.45) is 0. The van der Waals surface area contributed by atoms with Crippen LogP contribution in [0, 0.1) is 10.1 Å². The standard InChI is InChI=1S/C18H19Cl2N3O4/c1-21-8-9-22(10-12(21)11-24)18-14(23(25)26)6-7-16(17(18)20)27-15-5-3-2-4-13(15)19/h2-7,12,24H,8-11H2,1H3/t12-/m1/s1. The Morgan fingerprint density at radius 1 is 1.22 bits per heavy atom. The van der Waals surface area contributed by atoms with Crippen LogP contribution in [0.1, 0.15) is 0 Å². The molecule has 0 spiro atoms.